The van der Waals surface area contributed by atoms with Crippen LogP contribution >= 0.6 is 0 Å². The van der Waals surface area contributed by atoms with Gasteiger partial charge in [0.25, 0.3) is 0 Å². The maximum absolute atomic E-state index is 11.1. The average Bonchev–Trinajstić information content (AvgIpc) is 2.23. The molecule has 0 aromatic carbocycles. The van der Waals surface area contributed by atoms with Gasteiger partial charge in [-0.3, -0.25) is 4.98 Å². The maximum atomic E-state index is 11.1. The Morgan fingerprint density at radius 3 is 2.29 bits per heavy atom. The van der Waals surface area contributed by atoms with Gasteiger partial charge in [-0.1, -0.05) is 0 Å². The zero-order valence-electron chi connectivity index (χ0n) is 12.3. The number of aromatic nitrogens is 3. The minimum Gasteiger partial charge on any atom is -1.00 e. The number of rotatable bonds is 6. The Morgan fingerprint density at radius 1 is 1.12 bits per heavy atom. The van der Waals surface area contributed by atoms with Crippen LogP contribution in [0.5, 0.6) is 0 Å². The van der Waals surface area contributed by atoms with Gasteiger partial charge in [-0.25, -0.2) is 4.79 Å². The number of H-pyrrole nitrogens is 1. The van der Waals surface area contributed by atoms with Crippen molar-refractivity contribution in [3.05, 3.63) is 10.5 Å². The Balaban J connectivity index is -0.000000281. The van der Waals surface area contributed by atoms with Gasteiger partial charge in [-0.15, -0.1) is 0 Å². The molecule has 0 spiro atoms. The summed E-state index contributed by atoms with van der Waals surface area (Å²) in [6, 6.07) is 0. The molecule has 0 aliphatic rings. The summed E-state index contributed by atoms with van der Waals surface area (Å²) in [6.07, 6.45) is 0. The van der Waals surface area contributed by atoms with E-state index >= 15 is 0 Å². The molecule has 0 radical (unpaired) electrons. The molecular formula is C7H17N7Na2O. The third kappa shape index (κ3) is 8.11. The van der Waals surface area contributed by atoms with Crippen LogP contribution in [0.1, 0.15) is 2.85 Å². The number of hydrogen-bond donors (Lipinski definition) is 5. The fourth-order valence-electron chi connectivity index (χ4n) is 0.922. The number of nitrogens with zero attached hydrogens (tertiary/aromatic N) is 2. The van der Waals surface area contributed by atoms with Gasteiger partial charge >= 0.3 is 64.8 Å². The fourth-order valence-corrected chi connectivity index (χ4v) is 0.922. The van der Waals surface area contributed by atoms with Crippen molar-refractivity contribution in [3.8, 4) is 0 Å². The van der Waals surface area contributed by atoms with Gasteiger partial charge in [-0.2, -0.15) is 9.97 Å². The molecule has 17 heavy (non-hydrogen) atoms. The second kappa shape index (κ2) is 11.4. The third-order valence-corrected chi connectivity index (χ3v) is 1.51. The van der Waals surface area contributed by atoms with Crippen LogP contribution in [0.15, 0.2) is 4.79 Å². The summed E-state index contributed by atoms with van der Waals surface area (Å²) in [5.41, 5.74) is 10.1. The Kier molecular flexibility index (Phi) is 13.2. The molecular weight excluding hydrogens is 244 g/mol. The molecule has 8 nitrogen and oxygen atoms in total. The van der Waals surface area contributed by atoms with Crippen LogP contribution in [0, 0.1) is 0 Å². The summed E-state index contributed by atoms with van der Waals surface area (Å²) in [7, 11) is 0. The predicted octanol–water partition coefficient (Wildman–Crippen LogP) is -7.86. The van der Waals surface area contributed by atoms with E-state index < -0.39 is 5.69 Å². The first kappa shape index (κ1) is 19.7. The Morgan fingerprint density at radius 2 is 1.71 bits per heavy atom. The van der Waals surface area contributed by atoms with E-state index in [1.54, 1.807) is 0 Å². The van der Waals surface area contributed by atoms with E-state index in [0.717, 1.165) is 0 Å². The average molecular weight is 261 g/mol. The first-order valence-corrected chi connectivity index (χ1v) is 4.62. The van der Waals surface area contributed by atoms with Gasteiger partial charge in [0.1, 0.15) is 0 Å². The summed E-state index contributed by atoms with van der Waals surface area (Å²) in [5, 5.41) is 5.66. The molecule has 0 saturated heterocycles. The molecule has 0 aliphatic carbocycles. The van der Waals surface area contributed by atoms with Crippen LogP contribution < -0.4 is 86.9 Å². The predicted molar refractivity (Wildman–Crippen MR) is 60.0 cm³/mol. The van der Waals surface area contributed by atoms with Crippen molar-refractivity contribution in [2.45, 2.75) is 0 Å². The molecule has 0 fully saturated rings. The molecule has 0 saturated carbocycles. The van der Waals surface area contributed by atoms with E-state index in [9.17, 15) is 4.79 Å². The van der Waals surface area contributed by atoms with E-state index in [1.807, 2.05) is 0 Å². The van der Waals surface area contributed by atoms with Crippen molar-refractivity contribution in [2.75, 3.05) is 36.8 Å². The number of nitrogens with two attached hydrogens (primary N) is 2. The van der Waals surface area contributed by atoms with Crippen LogP contribution in [0.2, 0.25) is 0 Å². The van der Waals surface area contributed by atoms with Gasteiger partial charge in [0.15, 0.2) is 0 Å². The van der Waals surface area contributed by atoms with Gasteiger partial charge in [0.2, 0.25) is 11.9 Å². The molecule has 0 amide bonds. The molecule has 7 N–H and O–H groups in total. The third-order valence-electron chi connectivity index (χ3n) is 1.51. The van der Waals surface area contributed by atoms with E-state index in [1.165, 1.54) is 0 Å². The first-order valence-electron chi connectivity index (χ1n) is 4.62. The zero-order chi connectivity index (χ0) is 11.1. The molecule has 0 unspecified atom stereocenters. The molecule has 0 bridgehead atoms. The molecule has 0 aliphatic heterocycles. The zero-order valence-corrected chi connectivity index (χ0v) is 14.3. The largest absolute Gasteiger partial charge is 1.00 e. The molecule has 1 rings (SSSR count). The molecule has 0 atom stereocenters. The van der Waals surface area contributed by atoms with Crippen LogP contribution in [-0.2, 0) is 0 Å². The molecule has 1 aromatic heterocycles. The summed E-state index contributed by atoms with van der Waals surface area (Å²) in [5.74, 6) is 0.601. The topological polar surface area (TPSA) is 135 Å². The molecule has 10 heteroatoms. The van der Waals surface area contributed by atoms with Gasteiger partial charge in [0, 0.05) is 26.2 Å². The quantitative estimate of drug-likeness (QED) is 0.321. The monoisotopic (exact) mass is 261 g/mol. The van der Waals surface area contributed by atoms with Crippen molar-refractivity contribution < 1.29 is 62.0 Å². The summed E-state index contributed by atoms with van der Waals surface area (Å²) in [4.78, 5) is 21.2. The smallest absolute Gasteiger partial charge is 1.00 e. The van der Waals surface area contributed by atoms with Crippen molar-refractivity contribution >= 4 is 11.9 Å². The SMILES string of the molecule is NCCNc1nc(NCCN)[nH]c(=O)n1.[H-].[H-].[Na+].[Na+]. The molecule has 88 valence electrons. The van der Waals surface area contributed by atoms with E-state index in [2.05, 4.69) is 25.6 Å². The van der Waals surface area contributed by atoms with Gasteiger partial charge in [-0.05, 0) is 0 Å². The van der Waals surface area contributed by atoms with Crippen LogP contribution in [-0.4, -0.2) is 41.1 Å². The normalized spacial score (nSPS) is 8.82. The standard InChI is InChI=1S/C7H15N7O.2Na.2H/c8-1-3-10-5-12-6(11-4-2-9)14-7(15)13-5;;;;/h1-4,8-9H2,(H3,10,11,12,13,14,15);;;;/q;2*+1;2*-1. The second-order valence-corrected chi connectivity index (χ2v) is 2.76. The van der Waals surface area contributed by atoms with E-state index in [-0.39, 0.29) is 67.9 Å². The number of aromatic amines is 1. The molecule has 1 aromatic rings. The van der Waals surface area contributed by atoms with Crippen LogP contribution in [0.4, 0.5) is 11.9 Å². The second-order valence-electron chi connectivity index (χ2n) is 2.76. The summed E-state index contributed by atoms with van der Waals surface area (Å²) in [6.45, 7) is 1.95. The number of hydrogen-bond acceptors (Lipinski definition) is 7. The first-order chi connectivity index (χ1) is 7.26. The van der Waals surface area contributed by atoms with Gasteiger partial charge in [0.05, 0.1) is 0 Å². The van der Waals surface area contributed by atoms with Crippen LogP contribution in [0.3, 0.4) is 0 Å². The Hall–Kier alpha value is 0.330. The van der Waals surface area contributed by atoms with E-state index in [0.29, 0.717) is 32.1 Å². The minimum absolute atomic E-state index is 0. The van der Waals surface area contributed by atoms with Crippen LogP contribution in [0.25, 0.3) is 0 Å². The van der Waals surface area contributed by atoms with Crippen molar-refractivity contribution in [1.29, 1.82) is 0 Å². The van der Waals surface area contributed by atoms with Crippen molar-refractivity contribution in [3.63, 3.8) is 0 Å². The van der Waals surface area contributed by atoms with Gasteiger partial charge < -0.3 is 25.0 Å². The summed E-state index contributed by atoms with van der Waals surface area (Å²) < 4.78 is 0. The van der Waals surface area contributed by atoms with E-state index in [4.69, 9.17) is 11.5 Å². The number of nitrogens with one attached hydrogen (secondary N) is 3. The molecule has 1 heterocycles. The van der Waals surface area contributed by atoms with Crippen molar-refractivity contribution in [1.82, 2.24) is 15.0 Å². The fraction of sp³-hybridized carbons (Fsp3) is 0.571. The minimum atomic E-state index is -0.468. The Bertz CT molecular complexity index is 338. The number of anilines is 2. The Labute approximate surface area is 146 Å². The maximum Gasteiger partial charge on any atom is 1.00 e. The summed E-state index contributed by atoms with van der Waals surface area (Å²) >= 11 is 0. The van der Waals surface area contributed by atoms with Crippen molar-refractivity contribution in [2.24, 2.45) is 11.5 Å².